The Morgan fingerprint density at radius 3 is 2.44 bits per heavy atom. The van der Waals surface area contributed by atoms with Gasteiger partial charge in [0.15, 0.2) is 17.1 Å². The van der Waals surface area contributed by atoms with Gasteiger partial charge >= 0.3 is 0 Å². The molecule has 5 nitrogen and oxygen atoms in total. The van der Waals surface area contributed by atoms with Crippen molar-refractivity contribution in [1.82, 2.24) is 4.98 Å². The average molecular weight is 449 g/mol. The molecule has 0 unspecified atom stereocenters. The highest BCUT2D eigenvalue weighted by atomic mass is 35.5. The molecule has 32 heavy (non-hydrogen) atoms. The molecule has 1 heterocycles. The summed E-state index contributed by atoms with van der Waals surface area (Å²) in [7, 11) is 0. The number of ether oxygens (including phenoxy) is 1. The summed E-state index contributed by atoms with van der Waals surface area (Å²) in [6.07, 6.45) is 0.576. The van der Waals surface area contributed by atoms with E-state index >= 15 is 0 Å². The molecule has 0 saturated heterocycles. The molecule has 0 radical (unpaired) electrons. The van der Waals surface area contributed by atoms with E-state index < -0.39 is 5.60 Å². The lowest BCUT2D eigenvalue weighted by Gasteiger charge is -2.25. The normalized spacial score (nSPS) is 11.5. The van der Waals surface area contributed by atoms with E-state index in [2.05, 4.69) is 23.3 Å². The van der Waals surface area contributed by atoms with Crippen LogP contribution in [0, 0.1) is 13.8 Å². The Kier molecular flexibility index (Phi) is 5.94. The number of carbonyl (C=O) groups excluding carboxylic acids is 1. The molecule has 1 N–H and O–H groups in total. The number of rotatable bonds is 6. The van der Waals surface area contributed by atoms with Crippen LogP contribution in [0.1, 0.15) is 36.4 Å². The number of benzene rings is 3. The van der Waals surface area contributed by atoms with Crippen LogP contribution < -0.4 is 10.1 Å². The summed E-state index contributed by atoms with van der Waals surface area (Å²) in [6.45, 7) is 7.53. The Labute approximate surface area is 192 Å². The highest BCUT2D eigenvalue weighted by Crippen LogP contribution is 2.24. The van der Waals surface area contributed by atoms with E-state index in [1.807, 2.05) is 37.3 Å². The maximum Gasteiger partial charge on any atom is 0.267 e. The van der Waals surface area contributed by atoms with Crippen LogP contribution in [-0.2, 0) is 11.2 Å². The summed E-state index contributed by atoms with van der Waals surface area (Å²) in [4.78, 5) is 17.4. The summed E-state index contributed by atoms with van der Waals surface area (Å²) in [5.74, 6) is 1.00. The fourth-order valence-electron chi connectivity index (χ4n) is 3.50. The number of aryl methyl sites for hydroxylation is 2. The zero-order valence-corrected chi connectivity index (χ0v) is 19.3. The summed E-state index contributed by atoms with van der Waals surface area (Å²) >= 11 is 5.91. The van der Waals surface area contributed by atoms with E-state index in [1.54, 1.807) is 38.1 Å². The van der Waals surface area contributed by atoms with E-state index in [0.29, 0.717) is 28.8 Å². The monoisotopic (exact) mass is 448 g/mol. The van der Waals surface area contributed by atoms with Gasteiger partial charge in [0.25, 0.3) is 5.91 Å². The molecule has 1 amide bonds. The molecule has 0 bridgehead atoms. The van der Waals surface area contributed by atoms with Crippen molar-refractivity contribution >= 4 is 34.3 Å². The number of oxazole rings is 1. The first-order valence-electron chi connectivity index (χ1n) is 10.4. The first-order chi connectivity index (χ1) is 15.2. The van der Waals surface area contributed by atoms with Crippen molar-refractivity contribution in [3.05, 3.63) is 88.3 Å². The minimum absolute atomic E-state index is 0.245. The van der Waals surface area contributed by atoms with Crippen molar-refractivity contribution in [2.75, 3.05) is 5.32 Å². The Hall–Kier alpha value is -3.31. The van der Waals surface area contributed by atoms with Gasteiger partial charge < -0.3 is 14.5 Å². The van der Waals surface area contributed by atoms with Crippen molar-refractivity contribution in [3.63, 3.8) is 0 Å². The molecular weight excluding hydrogens is 424 g/mol. The van der Waals surface area contributed by atoms with Crippen LogP contribution in [-0.4, -0.2) is 16.5 Å². The molecule has 3 aromatic carbocycles. The van der Waals surface area contributed by atoms with E-state index in [4.69, 9.17) is 20.8 Å². The Bertz CT molecular complexity index is 1260. The number of aromatic nitrogens is 1. The van der Waals surface area contributed by atoms with Gasteiger partial charge in [-0.3, -0.25) is 4.79 Å². The van der Waals surface area contributed by atoms with Crippen LogP contribution in [0.25, 0.3) is 11.1 Å². The Morgan fingerprint density at radius 1 is 1.06 bits per heavy atom. The van der Waals surface area contributed by atoms with Gasteiger partial charge in [-0.15, -0.1) is 0 Å². The average Bonchev–Trinajstić information content (AvgIpc) is 3.13. The van der Waals surface area contributed by atoms with Crippen molar-refractivity contribution in [2.45, 2.75) is 39.7 Å². The molecule has 0 aliphatic heterocycles. The second-order valence-corrected chi connectivity index (χ2v) is 8.87. The van der Waals surface area contributed by atoms with Crippen LogP contribution in [0.3, 0.4) is 0 Å². The zero-order valence-electron chi connectivity index (χ0n) is 18.5. The molecule has 1 aromatic heterocycles. The molecule has 0 saturated carbocycles. The zero-order chi connectivity index (χ0) is 22.9. The number of amides is 1. The first kappa shape index (κ1) is 21.9. The molecule has 164 valence electrons. The highest BCUT2D eigenvalue weighted by molar-refractivity contribution is 6.30. The molecular formula is C26H25ClN2O3. The smallest absolute Gasteiger partial charge is 0.267 e. The number of hydrogen-bond donors (Lipinski definition) is 1. The minimum atomic E-state index is -1.05. The number of nitrogens with one attached hydrogen (secondary N) is 1. The highest BCUT2D eigenvalue weighted by Gasteiger charge is 2.30. The molecule has 0 atom stereocenters. The number of carbonyl (C=O) groups is 1. The predicted molar refractivity (Wildman–Crippen MR) is 128 cm³/mol. The molecule has 4 rings (SSSR count). The van der Waals surface area contributed by atoms with Crippen molar-refractivity contribution in [1.29, 1.82) is 0 Å². The van der Waals surface area contributed by atoms with Crippen molar-refractivity contribution in [3.8, 4) is 5.75 Å². The number of fused-ring (bicyclic) bond motifs is 1. The van der Waals surface area contributed by atoms with Crippen molar-refractivity contribution in [2.24, 2.45) is 0 Å². The lowest BCUT2D eigenvalue weighted by atomic mass is 10.1. The van der Waals surface area contributed by atoms with Gasteiger partial charge in [-0.25, -0.2) is 4.98 Å². The third-order valence-electron chi connectivity index (χ3n) is 5.17. The lowest BCUT2D eigenvalue weighted by Crippen LogP contribution is -2.42. The molecule has 0 fully saturated rings. The maximum absolute atomic E-state index is 12.8. The third-order valence-corrected chi connectivity index (χ3v) is 5.42. The summed E-state index contributed by atoms with van der Waals surface area (Å²) in [5.41, 5.74) is 4.64. The molecule has 6 heteroatoms. The van der Waals surface area contributed by atoms with Gasteiger partial charge in [-0.1, -0.05) is 29.8 Å². The SMILES string of the molecule is Cc1cc(C)c2oc(Cc3ccc(NC(=O)C(C)(C)Oc4ccc(Cl)cc4)cc3)nc2c1. The molecule has 0 spiro atoms. The number of halogens is 1. The quantitative estimate of drug-likeness (QED) is 0.366. The van der Waals surface area contributed by atoms with Crippen LogP contribution in [0.5, 0.6) is 5.75 Å². The van der Waals surface area contributed by atoms with Crippen LogP contribution in [0.4, 0.5) is 5.69 Å². The number of hydrogen-bond acceptors (Lipinski definition) is 4. The summed E-state index contributed by atoms with van der Waals surface area (Å²) in [6, 6.07) is 18.7. The summed E-state index contributed by atoms with van der Waals surface area (Å²) < 4.78 is 11.8. The van der Waals surface area contributed by atoms with Gasteiger partial charge in [0.2, 0.25) is 0 Å². The van der Waals surface area contributed by atoms with Crippen LogP contribution in [0.2, 0.25) is 5.02 Å². The van der Waals surface area contributed by atoms with Crippen LogP contribution in [0.15, 0.2) is 65.1 Å². The van der Waals surface area contributed by atoms with E-state index in [9.17, 15) is 4.79 Å². The first-order valence-corrected chi connectivity index (χ1v) is 10.8. The molecule has 0 aliphatic rings. The van der Waals surface area contributed by atoms with Gasteiger partial charge in [-0.2, -0.15) is 0 Å². The van der Waals surface area contributed by atoms with E-state index in [0.717, 1.165) is 27.8 Å². The van der Waals surface area contributed by atoms with E-state index in [1.165, 1.54) is 0 Å². The standard InChI is InChI=1S/C26H25ClN2O3/c1-16-13-17(2)24-22(14-16)29-23(31-24)15-18-5-9-20(10-6-18)28-25(30)26(3,4)32-21-11-7-19(27)8-12-21/h5-14H,15H2,1-4H3,(H,28,30). The largest absolute Gasteiger partial charge is 0.478 e. The van der Waals surface area contributed by atoms with Gasteiger partial charge in [0.1, 0.15) is 11.3 Å². The predicted octanol–water partition coefficient (Wildman–Crippen LogP) is 6.48. The fraction of sp³-hybridized carbons (Fsp3) is 0.231. The lowest BCUT2D eigenvalue weighted by molar-refractivity contribution is -0.128. The second-order valence-electron chi connectivity index (χ2n) is 8.43. The number of anilines is 1. The van der Waals surface area contributed by atoms with Gasteiger partial charge in [-0.05, 0) is 86.8 Å². The Balaban J connectivity index is 1.41. The summed E-state index contributed by atoms with van der Waals surface area (Å²) in [5, 5.41) is 3.52. The topological polar surface area (TPSA) is 64.4 Å². The minimum Gasteiger partial charge on any atom is -0.478 e. The third kappa shape index (κ3) is 4.94. The second kappa shape index (κ2) is 8.67. The maximum atomic E-state index is 12.8. The van der Waals surface area contributed by atoms with Gasteiger partial charge in [0, 0.05) is 17.1 Å². The molecule has 4 aromatic rings. The van der Waals surface area contributed by atoms with Gasteiger partial charge in [0.05, 0.1) is 0 Å². The molecule has 0 aliphatic carbocycles. The Morgan fingerprint density at radius 2 is 1.75 bits per heavy atom. The fourth-order valence-corrected chi connectivity index (χ4v) is 3.63. The van der Waals surface area contributed by atoms with Crippen LogP contribution >= 0.6 is 11.6 Å². The number of nitrogens with zero attached hydrogens (tertiary/aromatic N) is 1. The van der Waals surface area contributed by atoms with E-state index in [-0.39, 0.29) is 5.91 Å². The van der Waals surface area contributed by atoms with Crippen molar-refractivity contribution < 1.29 is 13.9 Å².